The Balaban J connectivity index is 1.90. The first kappa shape index (κ1) is 13.3. The van der Waals surface area contributed by atoms with Crippen molar-refractivity contribution in [3.63, 3.8) is 0 Å². The highest BCUT2D eigenvalue weighted by Crippen LogP contribution is 2.32. The van der Waals surface area contributed by atoms with Crippen LogP contribution in [0.1, 0.15) is 16.0 Å². The first-order valence-corrected chi connectivity index (χ1v) is 7.76. The Morgan fingerprint density at radius 1 is 1.18 bits per heavy atom. The maximum atomic E-state index is 3.51. The van der Waals surface area contributed by atoms with E-state index >= 15 is 0 Å². The van der Waals surface area contributed by atoms with Gasteiger partial charge in [0.25, 0.3) is 0 Å². The van der Waals surface area contributed by atoms with Gasteiger partial charge in [-0.1, -0.05) is 24.3 Å². The van der Waals surface area contributed by atoms with Crippen molar-refractivity contribution >= 4 is 43.2 Å². The van der Waals surface area contributed by atoms with Crippen LogP contribution in [0.25, 0.3) is 0 Å². The Kier molecular flexibility index (Phi) is 4.79. The van der Waals surface area contributed by atoms with Crippen molar-refractivity contribution in [1.82, 2.24) is 5.32 Å². The third-order valence-electron chi connectivity index (χ3n) is 2.57. The molecule has 0 aliphatic heterocycles. The lowest BCUT2D eigenvalue weighted by Crippen LogP contribution is -2.12. The van der Waals surface area contributed by atoms with E-state index in [2.05, 4.69) is 74.4 Å². The Labute approximate surface area is 123 Å². The topological polar surface area (TPSA) is 12.0 Å². The summed E-state index contributed by atoms with van der Waals surface area (Å²) >= 11 is 8.77. The van der Waals surface area contributed by atoms with Crippen molar-refractivity contribution in [3.05, 3.63) is 54.6 Å². The molecule has 0 bridgehead atoms. The number of aryl methyl sites for hydroxylation is 1. The summed E-state index contributed by atoms with van der Waals surface area (Å²) in [5.74, 6) is 0. The van der Waals surface area contributed by atoms with Crippen LogP contribution in [-0.4, -0.2) is 0 Å². The van der Waals surface area contributed by atoms with Crippen LogP contribution in [0.3, 0.4) is 0 Å². The molecule has 1 N–H and O–H groups in total. The quantitative estimate of drug-likeness (QED) is 0.804. The summed E-state index contributed by atoms with van der Waals surface area (Å²) in [5.41, 5.74) is 2.70. The van der Waals surface area contributed by atoms with E-state index in [-0.39, 0.29) is 0 Å². The summed E-state index contributed by atoms with van der Waals surface area (Å²) in [4.78, 5) is 1.33. The fourth-order valence-corrected chi connectivity index (χ4v) is 3.75. The van der Waals surface area contributed by atoms with Crippen LogP contribution in [0.2, 0.25) is 0 Å². The zero-order chi connectivity index (χ0) is 12.3. The minimum Gasteiger partial charge on any atom is -0.308 e. The molecular formula is C13H13Br2NS. The molecule has 4 heteroatoms. The Bertz CT molecular complexity index is 488. The smallest absolute Gasteiger partial charge is 0.0843 e. The molecule has 0 aliphatic rings. The summed E-state index contributed by atoms with van der Waals surface area (Å²) in [6.45, 7) is 3.97. The van der Waals surface area contributed by atoms with E-state index in [0.29, 0.717) is 0 Å². The average Bonchev–Trinajstić information content (AvgIpc) is 2.61. The molecule has 0 unspecified atom stereocenters. The van der Waals surface area contributed by atoms with Crippen molar-refractivity contribution in [1.29, 1.82) is 0 Å². The molecule has 1 aromatic carbocycles. The summed E-state index contributed by atoms with van der Waals surface area (Å²) in [6.07, 6.45) is 0. The molecule has 0 saturated heterocycles. The lowest BCUT2D eigenvalue weighted by atomic mass is 10.1. The van der Waals surface area contributed by atoms with E-state index in [1.807, 2.05) is 0 Å². The number of hydrogen-bond donors (Lipinski definition) is 1. The molecule has 0 aliphatic carbocycles. The van der Waals surface area contributed by atoms with E-state index in [4.69, 9.17) is 0 Å². The monoisotopic (exact) mass is 373 g/mol. The lowest BCUT2D eigenvalue weighted by Gasteiger charge is -2.06. The predicted octanol–water partition coefficient (Wildman–Crippen LogP) is 4.87. The normalized spacial score (nSPS) is 10.8. The van der Waals surface area contributed by atoms with Crippen LogP contribution in [0, 0.1) is 6.92 Å². The maximum Gasteiger partial charge on any atom is 0.0843 e. The van der Waals surface area contributed by atoms with Crippen molar-refractivity contribution in [2.75, 3.05) is 0 Å². The van der Waals surface area contributed by atoms with E-state index in [0.717, 1.165) is 21.3 Å². The standard InChI is InChI=1S/C13H13Br2NS/c1-9-4-2-3-5-10(9)7-16-8-11-6-12(14)13(15)17-11/h2-6,16H,7-8H2,1H3. The second-order valence-electron chi connectivity index (χ2n) is 3.86. The fourth-order valence-electron chi connectivity index (χ4n) is 1.61. The van der Waals surface area contributed by atoms with Gasteiger partial charge in [0.05, 0.1) is 3.79 Å². The number of halogens is 2. The minimum absolute atomic E-state index is 0.906. The lowest BCUT2D eigenvalue weighted by molar-refractivity contribution is 0.698. The molecule has 0 radical (unpaired) electrons. The first-order chi connectivity index (χ1) is 8.16. The number of benzene rings is 1. The molecule has 90 valence electrons. The van der Waals surface area contributed by atoms with Gasteiger partial charge < -0.3 is 5.32 Å². The molecule has 2 rings (SSSR count). The highest BCUT2D eigenvalue weighted by molar-refractivity contribution is 9.13. The predicted molar refractivity (Wildman–Crippen MR) is 81.4 cm³/mol. The van der Waals surface area contributed by atoms with Crippen molar-refractivity contribution in [2.45, 2.75) is 20.0 Å². The molecule has 0 spiro atoms. The zero-order valence-electron chi connectivity index (χ0n) is 9.47. The van der Waals surface area contributed by atoms with Gasteiger partial charge in [-0.05, 0) is 56.0 Å². The number of hydrogen-bond acceptors (Lipinski definition) is 2. The van der Waals surface area contributed by atoms with Gasteiger partial charge in [0.1, 0.15) is 0 Å². The molecule has 0 fully saturated rings. The molecule has 1 heterocycles. The highest BCUT2D eigenvalue weighted by Gasteiger charge is 2.03. The van der Waals surface area contributed by atoms with E-state index in [1.54, 1.807) is 11.3 Å². The Morgan fingerprint density at radius 3 is 2.59 bits per heavy atom. The molecule has 1 aromatic heterocycles. The van der Waals surface area contributed by atoms with Gasteiger partial charge in [0.15, 0.2) is 0 Å². The van der Waals surface area contributed by atoms with Gasteiger partial charge in [0, 0.05) is 22.4 Å². The second-order valence-corrected chi connectivity index (χ2v) is 7.17. The molecule has 17 heavy (non-hydrogen) atoms. The number of rotatable bonds is 4. The van der Waals surface area contributed by atoms with E-state index in [1.165, 1.54) is 16.0 Å². The van der Waals surface area contributed by atoms with Gasteiger partial charge in [-0.2, -0.15) is 0 Å². The Hall–Kier alpha value is -0.160. The third-order valence-corrected chi connectivity index (χ3v) is 5.83. The van der Waals surface area contributed by atoms with Gasteiger partial charge in [-0.3, -0.25) is 0 Å². The molecule has 0 saturated carbocycles. The fraction of sp³-hybridized carbons (Fsp3) is 0.231. The minimum atomic E-state index is 0.906. The van der Waals surface area contributed by atoms with Crippen LogP contribution < -0.4 is 5.32 Å². The third kappa shape index (κ3) is 3.65. The summed E-state index contributed by atoms with van der Waals surface area (Å²) < 4.78 is 2.29. The molecule has 1 nitrogen and oxygen atoms in total. The van der Waals surface area contributed by atoms with Crippen LogP contribution in [-0.2, 0) is 13.1 Å². The Morgan fingerprint density at radius 2 is 1.94 bits per heavy atom. The van der Waals surface area contributed by atoms with Crippen LogP contribution >= 0.6 is 43.2 Å². The average molecular weight is 375 g/mol. The molecule has 0 atom stereocenters. The van der Waals surface area contributed by atoms with Crippen LogP contribution in [0.5, 0.6) is 0 Å². The van der Waals surface area contributed by atoms with Gasteiger partial charge in [-0.25, -0.2) is 0 Å². The van der Waals surface area contributed by atoms with Crippen molar-refractivity contribution < 1.29 is 0 Å². The van der Waals surface area contributed by atoms with E-state index in [9.17, 15) is 0 Å². The van der Waals surface area contributed by atoms with Crippen LogP contribution in [0.15, 0.2) is 38.6 Å². The molecular weight excluding hydrogens is 362 g/mol. The summed E-state index contributed by atoms with van der Waals surface area (Å²) in [6, 6.07) is 10.6. The largest absolute Gasteiger partial charge is 0.308 e. The van der Waals surface area contributed by atoms with Crippen LogP contribution in [0.4, 0.5) is 0 Å². The van der Waals surface area contributed by atoms with Gasteiger partial charge in [0.2, 0.25) is 0 Å². The summed E-state index contributed by atoms with van der Waals surface area (Å²) in [5, 5.41) is 3.47. The second kappa shape index (κ2) is 6.14. The van der Waals surface area contributed by atoms with Gasteiger partial charge >= 0.3 is 0 Å². The molecule has 2 aromatic rings. The molecule has 0 amide bonds. The first-order valence-electron chi connectivity index (χ1n) is 5.36. The number of nitrogens with one attached hydrogen (secondary N) is 1. The maximum absolute atomic E-state index is 3.51. The highest BCUT2D eigenvalue weighted by atomic mass is 79.9. The van der Waals surface area contributed by atoms with E-state index < -0.39 is 0 Å². The van der Waals surface area contributed by atoms with Crippen molar-refractivity contribution in [2.24, 2.45) is 0 Å². The summed E-state index contributed by atoms with van der Waals surface area (Å²) in [7, 11) is 0. The van der Waals surface area contributed by atoms with Gasteiger partial charge in [-0.15, -0.1) is 11.3 Å². The SMILES string of the molecule is Cc1ccccc1CNCc1cc(Br)c(Br)s1. The number of thiophene rings is 1. The van der Waals surface area contributed by atoms with Crippen molar-refractivity contribution in [3.8, 4) is 0 Å². The zero-order valence-corrected chi connectivity index (χ0v) is 13.5.